The molecule has 1 heterocycles. The zero-order valence-electron chi connectivity index (χ0n) is 14.1. The van der Waals surface area contributed by atoms with Crippen molar-refractivity contribution >= 4 is 0 Å². The maximum Gasteiger partial charge on any atom is 0.123 e. The van der Waals surface area contributed by atoms with Crippen molar-refractivity contribution in [2.75, 3.05) is 26.7 Å². The Morgan fingerprint density at radius 1 is 1.38 bits per heavy atom. The van der Waals surface area contributed by atoms with Crippen LogP contribution in [-0.2, 0) is 0 Å². The highest BCUT2D eigenvalue weighted by Crippen LogP contribution is 2.34. The summed E-state index contributed by atoms with van der Waals surface area (Å²) in [5.41, 5.74) is 9.20. The van der Waals surface area contributed by atoms with Crippen molar-refractivity contribution in [2.45, 2.75) is 40.2 Å². The smallest absolute Gasteiger partial charge is 0.123 e. The van der Waals surface area contributed by atoms with Gasteiger partial charge in [-0.25, -0.2) is 0 Å². The van der Waals surface area contributed by atoms with Gasteiger partial charge in [-0.1, -0.05) is 38.5 Å². The predicted molar refractivity (Wildman–Crippen MR) is 88.7 cm³/mol. The summed E-state index contributed by atoms with van der Waals surface area (Å²) in [5.74, 6) is 1.67. The van der Waals surface area contributed by atoms with Crippen molar-refractivity contribution in [3.63, 3.8) is 0 Å². The number of ether oxygens (including phenoxy) is 1. The summed E-state index contributed by atoms with van der Waals surface area (Å²) < 4.78 is 5.46. The molecule has 1 fully saturated rings. The number of methoxy groups -OCH3 is 1. The summed E-state index contributed by atoms with van der Waals surface area (Å²) in [5, 5.41) is 0. The Morgan fingerprint density at radius 2 is 2.10 bits per heavy atom. The van der Waals surface area contributed by atoms with Crippen molar-refractivity contribution in [3.8, 4) is 5.75 Å². The van der Waals surface area contributed by atoms with E-state index in [2.05, 4.69) is 44.7 Å². The third-order valence-corrected chi connectivity index (χ3v) is 4.74. The first-order valence-electron chi connectivity index (χ1n) is 7.93. The first kappa shape index (κ1) is 16.3. The molecule has 0 spiro atoms. The molecule has 0 saturated carbocycles. The molecule has 1 saturated heterocycles. The maximum absolute atomic E-state index is 6.45. The van der Waals surface area contributed by atoms with Gasteiger partial charge in [-0.3, -0.25) is 0 Å². The lowest BCUT2D eigenvalue weighted by Gasteiger charge is -2.28. The lowest BCUT2D eigenvalue weighted by Crippen LogP contribution is -2.32. The SMILES string of the molecule is COc1ccc(C)cc1C(N)CN1CCC(C(C)(C)C)C1. The van der Waals surface area contributed by atoms with Crippen molar-refractivity contribution in [3.05, 3.63) is 29.3 Å². The van der Waals surface area contributed by atoms with Gasteiger partial charge >= 0.3 is 0 Å². The van der Waals surface area contributed by atoms with Crippen LogP contribution in [0.2, 0.25) is 0 Å². The molecular formula is C18H30N2O. The molecule has 1 aromatic carbocycles. The molecule has 1 aliphatic rings. The van der Waals surface area contributed by atoms with E-state index in [0.717, 1.165) is 36.9 Å². The number of aryl methyl sites for hydroxylation is 1. The molecule has 0 bridgehead atoms. The fourth-order valence-corrected chi connectivity index (χ4v) is 3.23. The van der Waals surface area contributed by atoms with Gasteiger partial charge in [0.15, 0.2) is 0 Å². The third-order valence-electron chi connectivity index (χ3n) is 4.74. The molecule has 0 aliphatic carbocycles. The lowest BCUT2D eigenvalue weighted by atomic mass is 9.80. The van der Waals surface area contributed by atoms with Gasteiger partial charge in [0, 0.05) is 24.7 Å². The molecule has 2 unspecified atom stereocenters. The Hall–Kier alpha value is -1.06. The van der Waals surface area contributed by atoms with Crippen LogP contribution in [0.25, 0.3) is 0 Å². The van der Waals surface area contributed by atoms with Gasteiger partial charge in [0.1, 0.15) is 5.75 Å². The van der Waals surface area contributed by atoms with Gasteiger partial charge in [0.2, 0.25) is 0 Å². The molecule has 3 nitrogen and oxygen atoms in total. The molecule has 2 rings (SSSR count). The molecule has 0 radical (unpaired) electrons. The first-order valence-corrected chi connectivity index (χ1v) is 7.93. The van der Waals surface area contributed by atoms with E-state index in [1.54, 1.807) is 7.11 Å². The van der Waals surface area contributed by atoms with E-state index in [0.29, 0.717) is 5.41 Å². The lowest BCUT2D eigenvalue weighted by molar-refractivity contribution is 0.224. The molecule has 21 heavy (non-hydrogen) atoms. The van der Waals surface area contributed by atoms with Gasteiger partial charge in [0.05, 0.1) is 7.11 Å². The Bertz CT molecular complexity index is 479. The number of nitrogens with two attached hydrogens (primary N) is 1. The fraction of sp³-hybridized carbons (Fsp3) is 0.667. The quantitative estimate of drug-likeness (QED) is 0.924. The van der Waals surface area contributed by atoms with Crippen LogP contribution in [0, 0.1) is 18.3 Å². The van der Waals surface area contributed by atoms with E-state index >= 15 is 0 Å². The van der Waals surface area contributed by atoms with Crippen LogP contribution in [0.5, 0.6) is 5.75 Å². The Balaban J connectivity index is 2.03. The minimum Gasteiger partial charge on any atom is -0.496 e. The molecule has 2 atom stereocenters. The molecule has 1 aliphatic heterocycles. The van der Waals surface area contributed by atoms with E-state index in [4.69, 9.17) is 10.5 Å². The number of nitrogens with zero attached hydrogens (tertiary/aromatic N) is 1. The highest BCUT2D eigenvalue weighted by molar-refractivity contribution is 5.39. The van der Waals surface area contributed by atoms with Crippen molar-refractivity contribution < 1.29 is 4.74 Å². The average molecular weight is 290 g/mol. The maximum atomic E-state index is 6.45. The second-order valence-corrected chi connectivity index (χ2v) is 7.46. The Morgan fingerprint density at radius 3 is 2.67 bits per heavy atom. The summed E-state index contributed by atoms with van der Waals surface area (Å²) in [6.07, 6.45) is 1.28. The first-order chi connectivity index (χ1) is 9.81. The highest BCUT2D eigenvalue weighted by Gasteiger charge is 2.32. The van der Waals surface area contributed by atoms with E-state index in [9.17, 15) is 0 Å². The van der Waals surface area contributed by atoms with Crippen LogP contribution in [0.1, 0.15) is 44.4 Å². The van der Waals surface area contributed by atoms with E-state index in [1.807, 2.05) is 6.07 Å². The fourth-order valence-electron chi connectivity index (χ4n) is 3.23. The number of hydrogen-bond donors (Lipinski definition) is 1. The molecule has 0 aromatic heterocycles. The molecule has 118 valence electrons. The number of rotatable bonds is 4. The van der Waals surface area contributed by atoms with Gasteiger partial charge in [-0.15, -0.1) is 0 Å². The van der Waals surface area contributed by atoms with Gasteiger partial charge in [-0.05, 0) is 37.3 Å². The summed E-state index contributed by atoms with van der Waals surface area (Å²) >= 11 is 0. The number of hydrogen-bond acceptors (Lipinski definition) is 3. The van der Waals surface area contributed by atoms with Crippen LogP contribution in [0.15, 0.2) is 18.2 Å². The average Bonchev–Trinajstić information content (AvgIpc) is 2.87. The second-order valence-electron chi connectivity index (χ2n) is 7.46. The number of likely N-dealkylation sites (tertiary alicyclic amines) is 1. The minimum atomic E-state index is 0.0126. The third kappa shape index (κ3) is 3.98. The molecule has 2 N–H and O–H groups in total. The molecule has 3 heteroatoms. The van der Waals surface area contributed by atoms with E-state index in [1.165, 1.54) is 12.0 Å². The summed E-state index contributed by atoms with van der Waals surface area (Å²) in [7, 11) is 1.71. The van der Waals surface area contributed by atoms with Crippen LogP contribution in [0.4, 0.5) is 0 Å². The van der Waals surface area contributed by atoms with Crippen LogP contribution >= 0.6 is 0 Å². The standard InChI is InChI=1S/C18H30N2O/c1-13-6-7-17(21-5)15(10-13)16(19)12-20-9-8-14(11-20)18(2,3)4/h6-7,10,14,16H,8-9,11-12,19H2,1-5H3. The van der Waals surface area contributed by atoms with Crippen LogP contribution in [0.3, 0.4) is 0 Å². The zero-order valence-corrected chi connectivity index (χ0v) is 14.1. The summed E-state index contributed by atoms with van der Waals surface area (Å²) in [4.78, 5) is 2.50. The normalized spacial score (nSPS) is 21.5. The van der Waals surface area contributed by atoms with Gasteiger partial charge < -0.3 is 15.4 Å². The van der Waals surface area contributed by atoms with Crippen molar-refractivity contribution in [2.24, 2.45) is 17.1 Å². The zero-order chi connectivity index (χ0) is 15.6. The van der Waals surface area contributed by atoms with Crippen molar-refractivity contribution in [1.82, 2.24) is 4.90 Å². The molecule has 1 aromatic rings. The van der Waals surface area contributed by atoms with Gasteiger partial charge in [0.25, 0.3) is 0 Å². The van der Waals surface area contributed by atoms with Crippen LogP contribution in [-0.4, -0.2) is 31.6 Å². The topological polar surface area (TPSA) is 38.5 Å². The van der Waals surface area contributed by atoms with Gasteiger partial charge in [-0.2, -0.15) is 0 Å². The largest absolute Gasteiger partial charge is 0.496 e. The number of benzene rings is 1. The minimum absolute atomic E-state index is 0.0126. The Labute approximate surface area is 129 Å². The molecule has 0 amide bonds. The molecular weight excluding hydrogens is 260 g/mol. The van der Waals surface area contributed by atoms with Crippen LogP contribution < -0.4 is 10.5 Å². The predicted octanol–water partition coefficient (Wildman–Crippen LogP) is 3.37. The monoisotopic (exact) mass is 290 g/mol. The van der Waals surface area contributed by atoms with E-state index < -0.39 is 0 Å². The summed E-state index contributed by atoms with van der Waals surface area (Å²) in [6.45, 7) is 12.3. The summed E-state index contributed by atoms with van der Waals surface area (Å²) in [6, 6.07) is 6.26. The second kappa shape index (κ2) is 6.37. The highest BCUT2D eigenvalue weighted by atomic mass is 16.5. The van der Waals surface area contributed by atoms with Crippen molar-refractivity contribution in [1.29, 1.82) is 0 Å². The van der Waals surface area contributed by atoms with E-state index in [-0.39, 0.29) is 6.04 Å². The Kier molecular flexibility index (Phi) is 4.95.